The van der Waals surface area contributed by atoms with Gasteiger partial charge in [0.2, 0.25) is 0 Å². The van der Waals surface area contributed by atoms with Crippen LogP contribution < -0.4 is 5.32 Å². The first-order valence-electron chi connectivity index (χ1n) is 9.44. The predicted molar refractivity (Wildman–Crippen MR) is 104 cm³/mol. The third-order valence-electron chi connectivity index (χ3n) is 5.20. The number of non-ortho nitro benzene ring substituents is 1. The quantitative estimate of drug-likeness (QED) is 0.625. The molecule has 1 saturated heterocycles. The van der Waals surface area contributed by atoms with Gasteiger partial charge in [0.1, 0.15) is 0 Å². The number of nitrogens with zero attached hydrogens (tertiary/aromatic N) is 3. The van der Waals surface area contributed by atoms with Crippen LogP contribution in [0.15, 0.2) is 42.6 Å². The number of nitrogens with one attached hydrogen (secondary N) is 1. The Hall–Kier alpha value is -2.67. The minimum atomic E-state index is -0.466. The summed E-state index contributed by atoms with van der Waals surface area (Å²) in [4.78, 5) is 25.3. The molecule has 1 atom stereocenters. The van der Waals surface area contributed by atoms with E-state index in [0.717, 1.165) is 13.1 Å². The van der Waals surface area contributed by atoms with Crippen LogP contribution in [0.4, 0.5) is 5.69 Å². The predicted octanol–water partition coefficient (Wildman–Crippen LogP) is 3.28. The zero-order valence-electron chi connectivity index (χ0n) is 15.6. The number of likely N-dealkylation sites (tertiary alicyclic amines) is 1. The normalized spacial score (nSPS) is 16.5. The van der Waals surface area contributed by atoms with Crippen LogP contribution in [0.25, 0.3) is 0 Å². The number of aryl methyl sites for hydroxylation is 1. The zero-order chi connectivity index (χ0) is 19.2. The minimum absolute atomic E-state index is 0.0159. The number of carbonyl (C=O) groups is 1. The first-order chi connectivity index (χ1) is 13.1. The van der Waals surface area contributed by atoms with Gasteiger partial charge in [-0.1, -0.05) is 12.8 Å². The summed E-state index contributed by atoms with van der Waals surface area (Å²) in [5.41, 5.74) is 1.60. The molecule has 2 heterocycles. The Balaban J connectivity index is 1.71. The fourth-order valence-corrected chi connectivity index (χ4v) is 3.67. The Bertz CT molecular complexity index is 777. The van der Waals surface area contributed by atoms with Gasteiger partial charge in [-0.3, -0.25) is 19.8 Å². The van der Waals surface area contributed by atoms with Gasteiger partial charge in [-0.2, -0.15) is 0 Å². The maximum atomic E-state index is 12.5. The molecular weight excluding hydrogens is 344 g/mol. The smallest absolute Gasteiger partial charge is 0.269 e. The summed E-state index contributed by atoms with van der Waals surface area (Å²) < 4.78 is 2.10. The number of hydrogen-bond donors (Lipinski definition) is 1. The summed E-state index contributed by atoms with van der Waals surface area (Å²) in [6, 6.07) is 9.96. The highest BCUT2D eigenvalue weighted by atomic mass is 16.6. The van der Waals surface area contributed by atoms with Crippen LogP contribution in [0.2, 0.25) is 0 Å². The SMILES string of the molecule is Cn1cccc1C(CNC(=O)c1ccc([N+](=O)[O-])cc1)N1CCCCCC1. The molecule has 1 aromatic carbocycles. The molecular formula is C20H26N4O3. The fourth-order valence-electron chi connectivity index (χ4n) is 3.67. The molecule has 0 radical (unpaired) electrons. The molecule has 0 bridgehead atoms. The molecule has 3 rings (SSSR count). The fraction of sp³-hybridized carbons (Fsp3) is 0.450. The third kappa shape index (κ3) is 4.74. The summed E-state index contributed by atoms with van der Waals surface area (Å²) in [6.07, 6.45) is 6.89. The lowest BCUT2D eigenvalue weighted by Crippen LogP contribution is -2.39. The largest absolute Gasteiger partial charge is 0.353 e. The van der Waals surface area contributed by atoms with Crippen LogP contribution >= 0.6 is 0 Å². The molecule has 0 saturated carbocycles. The number of aromatic nitrogens is 1. The molecule has 1 unspecified atom stereocenters. The van der Waals surface area contributed by atoms with E-state index in [1.165, 1.54) is 55.6 Å². The second-order valence-electron chi connectivity index (χ2n) is 7.02. The van der Waals surface area contributed by atoms with E-state index in [2.05, 4.69) is 20.9 Å². The van der Waals surface area contributed by atoms with Crippen molar-refractivity contribution < 1.29 is 9.72 Å². The molecule has 0 aliphatic carbocycles. The number of hydrogen-bond acceptors (Lipinski definition) is 4. The average molecular weight is 370 g/mol. The molecule has 1 aromatic heterocycles. The van der Waals surface area contributed by atoms with Crippen molar-refractivity contribution in [2.24, 2.45) is 7.05 Å². The van der Waals surface area contributed by atoms with E-state index in [1.807, 2.05) is 19.3 Å². The zero-order valence-corrected chi connectivity index (χ0v) is 15.6. The van der Waals surface area contributed by atoms with E-state index in [1.54, 1.807) is 0 Å². The second-order valence-corrected chi connectivity index (χ2v) is 7.02. The van der Waals surface area contributed by atoms with Crippen molar-refractivity contribution >= 4 is 11.6 Å². The molecule has 1 aliphatic heterocycles. The molecule has 1 amide bonds. The van der Waals surface area contributed by atoms with Crippen molar-refractivity contribution in [1.29, 1.82) is 0 Å². The molecule has 0 spiro atoms. The van der Waals surface area contributed by atoms with Crippen LogP contribution in [-0.2, 0) is 7.05 Å². The van der Waals surface area contributed by atoms with Gasteiger partial charge in [0.05, 0.1) is 11.0 Å². The standard InChI is InChI=1S/C20H26N4O3/c1-22-12-6-7-18(22)19(23-13-4-2-3-5-14-23)15-21-20(25)16-8-10-17(11-9-16)24(26)27/h6-12,19H,2-5,13-15H2,1H3,(H,21,25). The monoisotopic (exact) mass is 370 g/mol. The Morgan fingerprint density at radius 2 is 1.81 bits per heavy atom. The summed E-state index contributed by atoms with van der Waals surface area (Å²) in [5, 5.41) is 13.8. The van der Waals surface area contributed by atoms with Crippen LogP contribution in [-0.4, -0.2) is 39.9 Å². The average Bonchev–Trinajstić information content (AvgIpc) is 2.92. The minimum Gasteiger partial charge on any atom is -0.353 e. The van der Waals surface area contributed by atoms with Crippen molar-refractivity contribution in [3.05, 3.63) is 64.0 Å². The molecule has 2 aromatic rings. The first kappa shape index (κ1) is 19.1. The number of rotatable bonds is 6. The molecule has 7 heteroatoms. The van der Waals surface area contributed by atoms with Gasteiger partial charge in [-0.25, -0.2) is 0 Å². The van der Waals surface area contributed by atoms with Gasteiger partial charge >= 0.3 is 0 Å². The Morgan fingerprint density at radius 3 is 2.37 bits per heavy atom. The Kier molecular flexibility index (Phi) is 6.24. The first-order valence-corrected chi connectivity index (χ1v) is 9.44. The van der Waals surface area contributed by atoms with Gasteiger partial charge in [0, 0.05) is 43.2 Å². The van der Waals surface area contributed by atoms with Gasteiger partial charge in [0.25, 0.3) is 11.6 Å². The number of nitro groups is 1. The van der Waals surface area contributed by atoms with E-state index in [9.17, 15) is 14.9 Å². The summed E-state index contributed by atoms with van der Waals surface area (Å²) in [7, 11) is 2.03. The number of nitro benzene ring substituents is 1. The van der Waals surface area contributed by atoms with E-state index in [-0.39, 0.29) is 17.6 Å². The lowest BCUT2D eigenvalue weighted by molar-refractivity contribution is -0.384. The van der Waals surface area contributed by atoms with Crippen molar-refractivity contribution in [1.82, 2.24) is 14.8 Å². The van der Waals surface area contributed by atoms with E-state index >= 15 is 0 Å². The van der Waals surface area contributed by atoms with Crippen LogP contribution in [0, 0.1) is 10.1 Å². The van der Waals surface area contributed by atoms with Crippen LogP contribution in [0.5, 0.6) is 0 Å². The van der Waals surface area contributed by atoms with Gasteiger partial charge in [-0.05, 0) is 50.2 Å². The van der Waals surface area contributed by atoms with Gasteiger partial charge in [-0.15, -0.1) is 0 Å². The highest BCUT2D eigenvalue weighted by molar-refractivity contribution is 5.94. The van der Waals surface area contributed by atoms with Crippen molar-refractivity contribution in [2.75, 3.05) is 19.6 Å². The third-order valence-corrected chi connectivity index (χ3v) is 5.20. The van der Waals surface area contributed by atoms with Gasteiger partial charge in [0.15, 0.2) is 0 Å². The summed E-state index contributed by atoms with van der Waals surface area (Å²) in [5.74, 6) is -0.209. The Morgan fingerprint density at radius 1 is 1.15 bits per heavy atom. The lowest BCUT2D eigenvalue weighted by Gasteiger charge is -2.31. The van der Waals surface area contributed by atoms with Crippen LogP contribution in [0.1, 0.15) is 47.8 Å². The second kappa shape index (κ2) is 8.81. The van der Waals surface area contributed by atoms with Crippen molar-refractivity contribution in [3.8, 4) is 0 Å². The van der Waals surface area contributed by atoms with Crippen molar-refractivity contribution in [2.45, 2.75) is 31.7 Å². The molecule has 1 N–H and O–H groups in total. The van der Waals surface area contributed by atoms with Crippen LogP contribution in [0.3, 0.4) is 0 Å². The highest BCUT2D eigenvalue weighted by Gasteiger charge is 2.24. The van der Waals surface area contributed by atoms with E-state index in [4.69, 9.17) is 0 Å². The summed E-state index contributed by atoms with van der Waals surface area (Å²) in [6.45, 7) is 2.57. The lowest BCUT2D eigenvalue weighted by atomic mass is 10.1. The molecule has 144 valence electrons. The molecule has 1 aliphatic rings. The maximum absolute atomic E-state index is 12.5. The topological polar surface area (TPSA) is 80.4 Å². The summed E-state index contributed by atoms with van der Waals surface area (Å²) >= 11 is 0. The maximum Gasteiger partial charge on any atom is 0.269 e. The molecule has 1 fully saturated rings. The molecule has 27 heavy (non-hydrogen) atoms. The Labute approximate surface area is 159 Å². The highest BCUT2D eigenvalue weighted by Crippen LogP contribution is 2.24. The number of amides is 1. The van der Waals surface area contributed by atoms with E-state index in [0.29, 0.717) is 12.1 Å². The number of carbonyl (C=O) groups excluding carboxylic acids is 1. The molecule has 7 nitrogen and oxygen atoms in total. The van der Waals surface area contributed by atoms with E-state index < -0.39 is 4.92 Å². The van der Waals surface area contributed by atoms with Gasteiger partial charge < -0.3 is 9.88 Å². The number of benzene rings is 1. The van der Waals surface area contributed by atoms with Crippen molar-refractivity contribution in [3.63, 3.8) is 0 Å².